The molecule has 1 aromatic carbocycles. The number of aromatic nitrogens is 3. The Hall–Kier alpha value is -1.57. The minimum atomic E-state index is 0.542. The molecule has 8 heteroatoms. The van der Waals surface area contributed by atoms with Crippen LogP contribution in [0, 0.1) is 0 Å². The van der Waals surface area contributed by atoms with Crippen LogP contribution in [-0.2, 0) is 0 Å². The number of hydrogen-bond donors (Lipinski definition) is 2. The number of anilines is 1. The van der Waals surface area contributed by atoms with Crippen LogP contribution >= 0.6 is 27.5 Å². The normalized spacial score (nSPS) is 15.4. The average molecular weight is 411 g/mol. The van der Waals surface area contributed by atoms with Gasteiger partial charge in [-0.25, -0.2) is 4.98 Å². The van der Waals surface area contributed by atoms with Crippen molar-refractivity contribution in [1.29, 1.82) is 0 Å². The number of halogens is 2. The predicted molar refractivity (Wildman–Crippen MR) is 100 cm³/mol. The third kappa shape index (κ3) is 2.70. The topological polar surface area (TPSA) is 66.1 Å². The van der Waals surface area contributed by atoms with E-state index in [-0.39, 0.29) is 0 Å². The molecule has 0 bridgehead atoms. The van der Waals surface area contributed by atoms with E-state index in [1.165, 1.54) is 0 Å². The standard InChI is InChI=1S/C16H17BrClN5O/c1-2-24-15-14-13(12-10(18)7-9(17)8-11(12)20-14)21-16(22-15)23-5-3-19-4-6-23/h7-8,19-20H,2-6H2,1H3. The van der Waals surface area contributed by atoms with Gasteiger partial charge in [0.05, 0.1) is 17.1 Å². The second-order valence-electron chi connectivity index (χ2n) is 5.66. The Morgan fingerprint density at radius 1 is 1.29 bits per heavy atom. The lowest BCUT2D eigenvalue weighted by molar-refractivity contribution is 0.330. The second kappa shape index (κ2) is 6.38. The lowest BCUT2D eigenvalue weighted by atomic mass is 10.2. The Balaban J connectivity index is 1.97. The number of H-pyrrole nitrogens is 1. The van der Waals surface area contributed by atoms with E-state index < -0.39 is 0 Å². The van der Waals surface area contributed by atoms with Crippen LogP contribution in [-0.4, -0.2) is 47.7 Å². The van der Waals surface area contributed by atoms with Crippen LogP contribution in [0.4, 0.5) is 5.95 Å². The fourth-order valence-electron chi connectivity index (χ4n) is 3.02. The zero-order valence-electron chi connectivity index (χ0n) is 13.2. The first kappa shape index (κ1) is 15.9. The SMILES string of the molecule is CCOc1nc(N2CCNCC2)nc2c1[nH]c1cc(Br)cc(Cl)c12. The van der Waals surface area contributed by atoms with E-state index in [1.807, 2.05) is 19.1 Å². The largest absolute Gasteiger partial charge is 0.476 e. The first-order valence-electron chi connectivity index (χ1n) is 7.94. The van der Waals surface area contributed by atoms with Gasteiger partial charge >= 0.3 is 0 Å². The van der Waals surface area contributed by atoms with E-state index in [0.717, 1.165) is 52.6 Å². The van der Waals surface area contributed by atoms with Crippen molar-refractivity contribution in [2.45, 2.75) is 6.92 Å². The van der Waals surface area contributed by atoms with E-state index >= 15 is 0 Å². The van der Waals surface area contributed by atoms with E-state index in [2.05, 4.69) is 36.1 Å². The van der Waals surface area contributed by atoms with E-state index in [0.29, 0.717) is 23.5 Å². The summed E-state index contributed by atoms with van der Waals surface area (Å²) in [6, 6.07) is 3.87. The first-order valence-corrected chi connectivity index (χ1v) is 9.11. The van der Waals surface area contributed by atoms with Gasteiger partial charge in [0.1, 0.15) is 11.0 Å². The summed E-state index contributed by atoms with van der Waals surface area (Å²) in [5.41, 5.74) is 2.50. The Labute approximate surface area is 152 Å². The van der Waals surface area contributed by atoms with Gasteiger partial charge < -0.3 is 19.9 Å². The molecule has 126 valence electrons. The molecule has 1 aliphatic heterocycles. The van der Waals surface area contributed by atoms with Crippen molar-refractivity contribution in [2.75, 3.05) is 37.7 Å². The summed E-state index contributed by atoms with van der Waals surface area (Å²) in [4.78, 5) is 15.0. The van der Waals surface area contributed by atoms with E-state index in [1.54, 1.807) is 0 Å². The number of nitrogens with zero attached hydrogens (tertiary/aromatic N) is 3. The van der Waals surface area contributed by atoms with Crippen molar-refractivity contribution >= 4 is 55.4 Å². The van der Waals surface area contributed by atoms with Crippen LogP contribution in [0.5, 0.6) is 5.88 Å². The average Bonchev–Trinajstić information content (AvgIpc) is 2.94. The van der Waals surface area contributed by atoms with E-state index in [9.17, 15) is 0 Å². The molecule has 0 spiro atoms. The summed E-state index contributed by atoms with van der Waals surface area (Å²) < 4.78 is 6.69. The Morgan fingerprint density at radius 3 is 2.83 bits per heavy atom. The lowest BCUT2D eigenvalue weighted by Gasteiger charge is -2.27. The molecule has 6 nitrogen and oxygen atoms in total. The predicted octanol–water partition coefficient (Wildman–Crippen LogP) is 3.34. The maximum Gasteiger partial charge on any atom is 0.243 e. The van der Waals surface area contributed by atoms with Gasteiger partial charge in [0.25, 0.3) is 0 Å². The van der Waals surface area contributed by atoms with Crippen LogP contribution in [0.15, 0.2) is 16.6 Å². The number of rotatable bonds is 3. The Kier molecular flexibility index (Phi) is 4.24. The van der Waals surface area contributed by atoms with Gasteiger partial charge in [0.15, 0.2) is 0 Å². The molecule has 0 radical (unpaired) electrons. The molecule has 1 saturated heterocycles. The molecule has 0 unspecified atom stereocenters. The zero-order chi connectivity index (χ0) is 16.7. The molecule has 1 aliphatic rings. The highest BCUT2D eigenvalue weighted by atomic mass is 79.9. The smallest absolute Gasteiger partial charge is 0.243 e. The number of ether oxygens (including phenoxy) is 1. The van der Waals surface area contributed by atoms with Crippen molar-refractivity contribution in [3.63, 3.8) is 0 Å². The van der Waals surface area contributed by atoms with Crippen LogP contribution in [0.2, 0.25) is 5.02 Å². The maximum atomic E-state index is 6.48. The van der Waals surface area contributed by atoms with Gasteiger partial charge in [-0.3, -0.25) is 0 Å². The van der Waals surface area contributed by atoms with Gasteiger partial charge in [-0.15, -0.1) is 0 Å². The molecule has 3 aromatic rings. The molecule has 24 heavy (non-hydrogen) atoms. The van der Waals surface area contributed by atoms with Crippen molar-refractivity contribution in [1.82, 2.24) is 20.3 Å². The van der Waals surface area contributed by atoms with Gasteiger partial charge in [-0.1, -0.05) is 27.5 Å². The highest BCUT2D eigenvalue weighted by molar-refractivity contribution is 9.10. The summed E-state index contributed by atoms with van der Waals surface area (Å²) in [7, 11) is 0. The number of aromatic amines is 1. The van der Waals surface area contributed by atoms with E-state index in [4.69, 9.17) is 21.3 Å². The number of nitrogens with one attached hydrogen (secondary N) is 2. The van der Waals surface area contributed by atoms with Gasteiger partial charge in [-0.2, -0.15) is 4.98 Å². The Morgan fingerprint density at radius 2 is 2.08 bits per heavy atom. The summed E-state index contributed by atoms with van der Waals surface area (Å²) in [5.74, 6) is 1.26. The third-order valence-corrected chi connectivity index (χ3v) is 4.85. The summed E-state index contributed by atoms with van der Waals surface area (Å²) in [6.07, 6.45) is 0. The van der Waals surface area contributed by atoms with Crippen LogP contribution in [0.3, 0.4) is 0 Å². The molecule has 2 aromatic heterocycles. The molecular weight excluding hydrogens is 394 g/mol. The molecule has 4 rings (SSSR count). The van der Waals surface area contributed by atoms with Crippen LogP contribution in [0.1, 0.15) is 6.92 Å². The van der Waals surface area contributed by atoms with Crippen molar-refractivity contribution in [3.8, 4) is 5.88 Å². The highest BCUT2D eigenvalue weighted by Crippen LogP contribution is 2.36. The van der Waals surface area contributed by atoms with Crippen LogP contribution in [0.25, 0.3) is 21.9 Å². The molecule has 2 N–H and O–H groups in total. The minimum absolute atomic E-state index is 0.542. The molecule has 0 saturated carbocycles. The van der Waals surface area contributed by atoms with Crippen LogP contribution < -0.4 is 15.0 Å². The molecule has 0 aliphatic carbocycles. The maximum absolute atomic E-state index is 6.48. The fourth-order valence-corrected chi connectivity index (χ4v) is 3.92. The molecule has 3 heterocycles. The monoisotopic (exact) mass is 409 g/mol. The molecular formula is C16H17BrClN5O. The number of piperazine rings is 1. The summed E-state index contributed by atoms with van der Waals surface area (Å²) in [5, 5.41) is 4.89. The van der Waals surface area contributed by atoms with Gasteiger partial charge in [-0.05, 0) is 19.1 Å². The van der Waals surface area contributed by atoms with Gasteiger partial charge in [0.2, 0.25) is 11.8 Å². The fraction of sp³-hybridized carbons (Fsp3) is 0.375. The second-order valence-corrected chi connectivity index (χ2v) is 6.98. The highest BCUT2D eigenvalue weighted by Gasteiger charge is 2.20. The quantitative estimate of drug-likeness (QED) is 0.693. The summed E-state index contributed by atoms with van der Waals surface area (Å²) >= 11 is 9.96. The molecule has 0 atom stereocenters. The number of benzene rings is 1. The minimum Gasteiger partial charge on any atom is -0.476 e. The first-order chi connectivity index (χ1) is 11.7. The van der Waals surface area contributed by atoms with Crippen molar-refractivity contribution < 1.29 is 4.74 Å². The lowest BCUT2D eigenvalue weighted by Crippen LogP contribution is -2.44. The van der Waals surface area contributed by atoms with Crippen molar-refractivity contribution in [3.05, 3.63) is 21.6 Å². The number of fused-ring (bicyclic) bond motifs is 3. The summed E-state index contributed by atoms with van der Waals surface area (Å²) in [6.45, 7) is 6.09. The van der Waals surface area contributed by atoms with Crippen molar-refractivity contribution in [2.24, 2.45) is 0 Å². The molecule has 1 fully saturated rings. The zero-order valence-corrected chi connectivity index (χ0v) is 15.5. The molecule has 0 amide bonds. The number of hydrogen-bond acceptors (Lipinski definition) is 5. The Bertz CT molecular complexity index is 906. The van der Waals surface area contributed by atoms with Gasteiger partial charge in [0, 0.05) is 36.0 Å². The third-order valence-electron chi connectivity index (χ3n) is 4.10.